The minimum Gasteiger partial charge on any atom is -0.478 e. The van der Waals surface area contributed by atoms with Gasteiger partial charge in [-0.25, -0.2) is 4.79 Å². The van der Waals surface area contributed by atoms with Crippen LogP contribution in [0, 0.1) is 6.92 Å². The Morgan fingerprint density at radius 3 is 2.40 bits per heavy atom. The summed E-state index contributed by atoms with van der Waals surface area (Å²) in [6.07, 6.45) is 0. The van der Waals surface area contributed by atoms with E-state index in [9.17, 15) is 4.79 Å². The van der Waals surface area contributed by atoms with Crippen molar-refractivity contribution in [1.29, 1.82) is 0 Å². The van der Waals surface area contributed by atoms with Gasteiger partial charge in [0.05, 0.1) is 5.56 Å². The number of hydrogen-bond acceptors (Lipinski definition) is 1. The van der Waals surface area contributed by atoms with Gasteiger partial charge in [0.15, 0.2) is 0 Å². The quantitative estimate of drug-likeness (QED) is 0.651. The van der Waals surface area contributed by atoms with Gasteiger partial charge in [-0.2, -0.15) is 0 Å². The van der Waals surface area contributed by atoms with Gasteiger partial charge in [0.2, 0.25) is 0 Å². The van der Waals surface area contributed by atoms with Crippen molar-refractivity contribution in [3.63, 3.8) is 0 Å². The van der Waals surface area contributed by atoms with Gasteiger partial charge < -0.3 is 5.11 Å². The van der Waals surface area contributed by atoms with Crippen LogP contribution in [0.5, 0.6) is 0 Å². The third kappa shape index (κ3) is 1.16. The van der Waals surface area contributed by atoms with E-state index in [4.69, 9.17) is 5.11 Å². The molecular formula is C8H8O2. The van der Waals surface area contributed by atoms with Crippen LogP contribution in [0.25, 0.3) is 0 Å². The number of aryl methyl sites for hydroxylation is 1. The minimum absolute atomic E-state index is 0.377. The second kappa shape index (κ2) is 2.52. The highest BCUT2D eigenvalue weighted by Crippen LogP contribution is 2.05. The van der Waals surface area contributed by atoms with E-state index < -0.39 is 5.97 Å². The molecule has 0 aromatic heterocycles. The van der Waals surface area contributed by atoms with Crippen molar-refractivity contribution in [2.45, 2.75) is 6.92 Å². The van der Waals surface area contributed by atoms with E-state index in [1.807, 2.05) is 6.07 Å². The molecule has 52 valence electrons. The predicted molar refractivity (Wildman–Crippen MR) is 38.1 cm³/mol. The van der Waals surface area contributed by atoms with Crippen LogP contribution in [-0.2, 0) is 0 Å². The predicted octanol–water partition coefficient (Wildman–Crippen LogP) is 1.69. The summed E-state index contributed by atoms with van der Waals surface area (Å²) in [6.45, 7) is 1.78. The first kappa shape index (κ1) is 6.81. The minimum atomic E-state index is -0.863. The summed E-state index contributed by atoms with van der Waals surface area (Å²) in [7, 11) is 0. The molecule has 1 N–H and O–H groups in total. The molecule has 10 heavy (non-hydrogen) atoms. The molecule has 2 nitrogen and oxygen atoms in total. The summed E-state index contributed by atoms with van der Waals surface area (Å²) in [6, 6.07) is 6.92. The number of benzene rings is 1. The number of carboxylic acid groups (broad SMARTS) is 1. The van der Waals surface area contributed by atoms with E-state index in [2.05, 4.69) is 0 Å². The molecule has 2 heteroatoms. The molecule has 0 fully saturated rings. The highest BCUT2D eigenvalue weighted by molar-refractivity contribution is 5.89. The molecular weight excluding hydrogens is 136 g/mol. The van der Waals surface area contributed by atoms with Gasteiger partial charge >= 0.3 is 5.97 Å². The highest BCUT2D eigenvalue weighted by Gasteiger charge is 2.02. The summed E-state index contributed by atoms with van der Waals surface area (Å²) in [5.41, 5.74) is 1.18. The molecule has 0 atom stereocenters. The fourth-order valence-electron chi connectivity index (χ4n) is 0.813. The van der Waals surface area contributed by atoms with Crippen LogP contribution < -0.4 is 0 Å². The lowest BCUT2D eigenvalue weighted by Crippen LogP contribution is -1.97. The van der Waals surface area contributed by atoms with E-state index in [1.54, 1.807) is 25.1 Å². The average Bonchev–Trinajstić information content (AvgIpc) is 1.88. The smallest absolute Gasteiger partial charge is 0.335 e. The maximum absolute atomic E-state index is 10.4. The maximum atomic E-state index is 10.4. The summed E-state index contributed by atoms with van der Waals surface area (Å²) in [4.78, 5) is 10.4. The summed E-state index contributed by atoms with van der Waals surface area (Å²) in [5.74, 6) is -0.863. The van der Waals surface area contributed by atoms with Gasteiger partial charge in [-0.1, -0.05) is 18.2 Å². The molecule has 0 radical (unpaired) electrons. The van der Waals surface area contributed by atoms with E-state index in [1.165, 1.54) is 0 Å². The molecule has 0 bridgehead atoms. The molecule has 1 rings (SSSR count). The first-order chi connectivity index (χ1) is 4.72. The third-order valence-corrected chi connectivity index (χ3v) is 1.38. The maximum Gasteiger partial charge on any atom is 0.335 e. The third-order valence-electron chi connectivity index (χ3n) is 1.38. The van der Waals surface area contributed by atoms with Crippen molar-refractivity contribution >= 4 is 5.97 Å². The van der Waals surface area contributed by atoms with Crippen molar-refractivity contribution in [2.75, 3.05) is 0 Å². The van der Waals surface area contributed by atoms with Gasteiger partial charge in [0.25, 0.3) is 0 Å². The van der Waals surface area contributed by atoms with Crippen molar-refractivity contribution in [3.05, 3.63) is 35.4 Å². The first-order valence-electron chi connectivity index (χ1n) is 3.01. The number of carboxylic acids is 1. The molecule has 1 aromatic rings. The molecule has 0 saturated heterocycles. The molecule has 0 aliphatic rings. The van der Waals surface area contributed by atoms with Gasteiger partial charge in [0, 0.05) is 0 Å². The number of hydrogen-bond donors (Lipinski definition) is 1. The second-order valence-electron chi connectivity index (χ2n) is 2.12. The number of carbonyl (C=O) groups is 1. The lowest BCUT2D eigenvalue weighted by molar-refractivity contribution is 0.0696. The fraction of sp³-hybridized carbons (Fsp3) is 0.125. The van der Waals surface area contributed by atoms with E-state index in [-0.39, 0.29) is 0 Å². The summed E-state index contributed by atoms with van der Waals surface area (Å²) >= 11 is 0. The zero-order valence-electron chi connectivity index (χ0n) is 5.66. The Kier molecular flexibility index (Phi) is 1.71. The fourth-order valence-corrected chi connectivity index (χ4v) is 0.813. The Hall–Kier alpha value is -1.31. The van der Waals surface area contributed by atoms with Crippen LogP contribution in [0.1, 0.15) is 15.9 Å². The number of rotatable bonds is 1. The molecule has 0 heterocycles. The Labute approximate surface area is 59.1 Å². The van der Waals surface area contributed by atoms with Gasteiger partial charge in [-0.05, 0) is 18.6 Å². The lowest BCUT2D eigenvalue weighted by Gasteiger charge is -1.96. The second-order valence-corrected chi connectivity index (χ2v) is 2.12. The molecule has 0 amide bonds. The van der Waals surface area contributed by atoms with E-state index in [0.29, 0.717) is 5.56 Å². The Morgan fingerprint density at radius 2 is 2.00 bits per heavy atom. The monoisotopic (exact) mass is 144 g/mol. The lowest BCUT2D eigenvalue weighted by atomic mass is 10.3. The van der Waals surface area contributed by atoms with Crippen LogP contribution >= 0.6 is 0 Å². The first-order valence-corrected chi connectivity index (χ1v) is 3.01. The van der Waals surface area contributed by atoms with Crippen LogP contribution in [0.4, 0.5) is 0 Å². The molecule has 0 saturated carbocycles. The van der Waals surface area contributed by atoms with Crippen LogP contribution in [-0.4, -0.2) is 11.1 Å². The molecule has 0 aliphatic heterocycles. The van der Waals surface area contributed by atoms with Crippen molar-refractivity contribution < 1.29 is 9.90 Å². The van der Waals surface area contributed by atoms with Gasteiger partial charge in [-0.15, -0.1) is 0 Å². The van der Waals surface area contributed by atoms with Crippen LogP contribution in [0.2, 0.25) is 0 Å². The molecule has 0 aliphatic carbocycles. The number of aromatic carboxylic acids is 1. The van der Waals surface area contributed by atoms with Crippen LogP contribution in [0.15, 0.2) is 24.3 Å². The van der Waals surface area contributed by atoms with Crippen molar-refractivity contribution in [1.82, 2.24) is 0 Å². The van der Waals surface area contributed by atoms with E-state index >= 15 is 0 Å². The SMILES string of the molecule is Cc1[14cH][14cH][14cH][14cH]c1C(=O)O. The molecule has 0 spiro atoms. The van der Waals surface area contributed by atoms with Gasteiger partial charge in [-0.3, -0.25) is 0 Å². The summed E-state index contributed by atoms with van der Waals surface area (Å²) in [5, 5.41) is 8.57. The highest BCUT2D eigenvalue weighted by atomic mass is 16.4. The Morgan fingerprint density at radius 1 is 1.40 bits per heavy atom. The molecule has 1 aromatic carbocycles. The Balaban J connectivity index is 3.15. The van der Waals surface area contributed by atoms with Crippen molar-refractivity contribution in [2.24, 2.45) is 0 Å². The largest absolute Gasteiger partial charge is 0.478 e. The molecule has 0 unspecified atom stereocenters. The zero-order valence-corrected chi connectivity index (χ0v) is 5.66. The zero-order chi connectivity index (χ0) is 7.56. The normalized spacial score (nSPS) is 9.30. The van der Waals surface area contributed by atoms with E-state index in [0.717, 1.165) is 5.56 Å². The Bertz CT molecular complexity index is 253. The topological polar surface area (TPSA) is 37.3 Å². The average molecular weight is 144 g/mol. The van der Waals surface area contributed by atoms with Crippen LogP contribution in [0.3, 0.4) is 0 Å². The standard InChI is InChI=1S/C8H8O2/c1-6-4-2-3-5-7(6)8(9)10/h2-5H,1H3,(H,9,10)/i2+2,3+2,4+2,5+2. The van der Waals surface area contributed by atoms with Gasteiger partial charge in [0.1, 0.15) is 0 Å². The van der Waals surface area contributed by atoms with Crippen molar-refractivity contribution in [3.8, 4) is 0 Å². The summed E-state index contributed by atoms with van der Waals surface area (Å²) < 4.78 is 0.